The lowest BCUT2D eigenvalue weighted by Crippen LogP contribution is -2.43. The fraction of sp³-hybridized carbons (Fsp3) is 0.538. The third-order valence-electron chi connectivity index (χ3n) is 3.02. The molecule has 0 saturated heterocycles. The summed E-state index contributed by atoms with van der Waals surface area (Å²) in [6, 6.07) is 4.33. The van der Waals surface area contributed by atoms with Crippen LogP contribution in [0.15, 0.2) is 24.5 Å². The van der Waals surface area contributed by atoms with Crippen molar-refractivity contribution in [2.75, 3.05) is 0 Å². The first-order valence-electron chi connectivity index (χ1n) is 6.13. The number of pyridine rings is 1. The first-order valence-corrected chi connectivity index (χ1v) is 6.13. The van der Waals surface area contributed by atoms with Crippen LogP contribution < -0.4 is 10.6 Å². The molecule has 17 heavy (non-hydrogen) atoms. The molecule has 0 aliphatic heterocycles. The second-order valence-corrected chi connectivity index (χ2v) is 4.67. The van der Waals surface area contributed by atoms with Crippen molar-refractivity contribution in [3.63, 3.8) is 0 Å². The molecule has 0 bridgehead atoms. The Labute approximate surface area is 102 Å². The van der Waals surface area contributed by atoms with Crippen molar-refractivity contribution in [3.05, 3.63) is 30.1 Å². The van der Waals surface area contributed by atoms with Crippen molar-refractivity contribution >= 4 is 5.91 Å². The van der Waals surface area contributed by atoms with Gasteiger partial charge in [-0.1, -0.05) is 0 Å². The number of hydrogen-bond acceptors (Lipinski definition) is 3. The van der Waals surface area contributed by atoms with Crippen molar-refractivity contribution in [1.29, 1.82) is 0 Å². The number of carbonyl (C=O) groups excluding carboxylic acids is 1. The maximum Gasteiger partial charge on any atom is 0.237 e. The van der Waals surface area contributed by atoms with Crippen molar-refractivity contribution in [3.8, 4) is 0 Å². The summed E-state index contributed by atoms with van der Waals surface area (Å²) in [6.07, 6.45) is 5.78. The highest BCUT2D eigenvalue weighted by atomic mass is 16.2. The Bertz CT molecular complexity index is 376. The predicted molar refractivity (Wildman–Crippen MR) is 66.4 cm³/mol. The van der Waals surface area contributed by atoms with Gasteiger partial charge in [0.15, 0.2) is 0 Å². The van der Waals surface area contributed by atoms with Crippen molar-refractivity contribution in [1.82, 2.24) is 15.6 Å². The van der Waals surface area contributed by atoms with Gasteiger partial charge in [0.25, 0.3) is 0 Å². The van der Waals surface area contributed by atoms with Gasteiger partial charge in [-0.15, -0.1) is 0 Å². The number of carbonyl (C=O) groups is 1. The van der Waals surface area contributed by atoms with Gasteiger partial charge in [0.1, 0.15) is 0 Å². The third kappa shape index (κ3) is 3.53. The van der Waals surface area contributed by atoms with E-state index in [9.17, 15) is 4.79 Å². The van der Waals surface area contributed by atoms with E-state index in [-0.39, 0.29) is 18.0 Å². The molecule has 4 heteroatoms. The van der Waals surface area contributed by atoms with Crippen LogP contribution in [0.2, 0.25) is 0 Å². The van der Waals surface area contributed by atoms with Crippen LogP contribution in [0.1, 0.15) is 38.3 Å². The van der Waals surface area contributed by atoms with Gasteiger partial charge in [-0.2, -0.15) is 0 Å². The molecule has 0 aromatic carbocycles. The van der Waals surface area contributed by atoms with Gasteiger partial charge < -0.3 is 5.32 Å². The lowest BCUT2D eigenvalue weighted by atomic mass is 10.1. The summed E-state index contributed by atoms with van der Waals surface area (Å²) in [6.45, 7) is 3.95. The quantitative estimate of drug-likeness (QED) is 0.808. The SMILES string of the molecule is CC(NC(C)c1ccncc1)C(=O)NC1CC1. The average Bonchev–Trinajstić information content (AvgIpc) is 3.14. The summed E-state index contributed by atoms with van der Waals surface area (Å²) < 4.78 is 0. The minimum atomic E-state index is -0.168. The first-order chi connectivity index (χ1) is 8.16. The maximum atomic E-state index is 11.8. The van der Waals surface area contributed by atoms with E-state index >= 15 is 0 Å². The maximum absolute atomic E-state index is 11.8. The smallest absolute Gasteiger partial charge is 0.237 e. The molecule has 1 aromatic rings. The Morgan fingerprint density at radius 2 is 2.00 bits per heavy atom. The fourth-order valence-electron chi connectivity index (χ4n) is 1.75. The number of hydrogen-bond donors (Lipinski definition) is 2. The Morgan fingerprint density at radius 3 is 2.59 bits per heavy atom. The van der Waals surface area contributed by atoms with Gasteiger partial charge in [0, 0.05) is 24.5 Å². The minimum absolute atomic E-state index is 0.0911. The molecule has 2 unspecified atom stereocenters. The number of amides is 1. The summed E-state index contributed by atoms with van der Waals surface area (Å²) in [7, 11) is 0. The molecule has 2 rings (SSSR count). The number of nitrogens with one attached hydrogen (secondary N) is 2. The van der Waals surface area contributed by atoms with Gasteiger partial charge >= 0.3 is 0 Å². The van der Waals surface area contributed by atoms with Crippen molar-refractivity contribution < 1.29 is 4.79 Å². The second kappa shape index (κ2) is 5.27. The molecule has 1 saturated carbocycles. The molecule has 1 aliphatic carbocycles. The number of rotatable bonds is 5. The summed E-state index contributed by atoms with van der Waals surface area (Å²) in [5.41, 5.74) is 1.14. The van der Waals surface area contributed by atoms with Gasteiger partial charge in [0.2, 0.25) is 5.91 Å². The Morgan fingerprint density at radius 1 is 1.35 bits per heavy atom. The van der Waals surface area contributed by atoms with E-state index in [0.29, 0.717) is 6.04 Å². The summed E-state index contributed by atoms with van der Waals surface area (Å²) in [5.74, 6) is 0.0911. The highest BCUT2D eigenvalue weighted by molar-refractivity contribution is 5.81. The summed E-state index contributed by atoms with van der Waals surface area (Å²) >= 11 is 0. The Balaban J connectivity index is 1.84. The third-order valence-corrected chi connectivity index (χ3v) is 3.02. The molecule has 1 aliphatic rings. The molecular formula is C13H19N3O. The molecule has 1 heterocycles. The van der Waals surface area contributed by atoms with E-state index < -0.39 is 0 Å². The highest BCUT2D eigenvalue weighted by Crippen LogP contribution is 2.19. The summed E-state index contributed by atoms with van der Waals surface area (Å²) in [5, 5.41) is 6.29. The topological polar surface area (TPSA) is 54.0 Å². The Kier molecular flexibility index (Phi) is 3.74. The van der Waals surface area contributed by atoms with E-state index in [2.05, 4.69) is 22.5 Å². The average molecular weight is 233 g/mol. The van der Waals surface area contributed by atoms with Crippen LogP contribution >= 0.6 is 0 Å². The molecule has 2 N–H and O–H groups in total. The molecule has 1 aromatic heterocycles. The zero-order valence-corrected chi connectivity index (χ0v) is 10.3. The van der Waals surface area contributed by atoms with Crippen LogP contribution in [0.3, 0.4) is 0 Å². The molecule has 0 radical (unpaired) electrons. The largest absolute Gasteiger partial charge is 0.352 e. The monoisotopic (exact) mass is 233 g/mol. The first kappa shape index (κ1) is 12.0. The normalized spacial score (nSPS) is 18.5. The molecule has 0 spiro atoms. The van der Waals surface area contributed by atoms with Crippen LogP contribution in [0.4, 0.5) is 0 Å². The molecule has 1 fully saturated rings. The molecule has 92 valence electrons. The van der Waals surface area contributed by atoms with E-state index in [1.54, 1.807) is 12.4 Å². The molecule has 2 atom stereocenters. The zero-order chi connectivity index (χ0) is 12.3. The molecule has 1 amide bonds. The number of nitrogens with zero attached hydrogens (tertiary/aromatic N) is 1. The van der Waals surface area contributed by atoms with Gasteiger partial charge in [-0.05, 0) is 44.4 Å². The lowest BCUT2D eigenvalue weighted by molar-refractivity contribution is -0.123. The van der Waals surface area contributed by atoms with Crippen LogP contribution in [0.5, 0.6) is 0 Å². The molecule has 4 nitrogen and oxygen atoms in total. The fourth-order valence-corrected chi connectivity index (χ4v) is 1.75. The van der Waals surface area contributed by atoms with Crippen LogP contribution in [0, 0.1) is 0 Å². The van der Waals surface area contributed by atoms with Gasteiger partial charge in [-0.3, -0.25) is 15.1 Å². The van der Waals surface area contributed by atoms with E-state index in [1.807, 2.05) is 19.1 Å². The van der Waals surface area contributed by atoms with Crippen molar-refractivity contribution in [2.24, 2.45) is 0 Å². The van der Waals surface area contributed by atoms with Crippen LogP contribution in [0.25, 0.3) is 0 Å². The van der Waals surface area contributed by atoms with E-state index in [1.165, 1.54) is 0 Å². The van der Waals surface area contributed by atoms with Gasteiger partial charge in [0.05, 0.1) is 6.04 Å². The molecular weight excluding hydrogens is 214 g/mol. The highest BCUT2D eigenvalue weighted by Gasteiger charge is 2.26. The second-order valence-electron chi connectivity index (χ2n) is 4.67. The number of aromatic nitrogens is 1. The predicted octanol–water partition coefficient (Wildman–Crippen LogP) is 1.40. The lowest BCUT2D eigenvalue weighted by Gasteiger charge is -2.19. The van der Waals surface area contributed by atoms with Crippen LogP contribution in [-0.4, -0.2) is 23.0 Å². The van der Waals surface area contributed by atoms with Gasteiger partial charge in [-0.25, -0.2) is 0 Å². The van der Waals surface area contributed by atoms with E-state index in [0.717, 1.165) is 18.4 Å². The minimum Gasteiger partial charge on any atom is -0.352 e. The zero-order valence-electron chi connectivity index (χ0n) is 10.3. The Hall–Kier alpha value is -1.42. The van der Waals surface area contributed by atoms with Crippen LogP contribution in [-0.2, 0) is 4.79 Å². The summed E-state index contributed by atoms with van der Waals surface area (Å²) in [4.78, 5) is 15.8. The standard InChI is InChI=1S/C13H19N3O/c1-9(11-5-7-14-8-6-11)15-10(2)13(17)16-12-3-4-12/h5-10,12,15H,3-4H2,1-2H3,(H,16,17). The van der Waals surface area contributed by atoms with Crippen molar-refractivity contribution in [2.45, 2.75) is 44.8 Å². The van der Waals surface area contributed by atoms with E-state index in [4.69, 9.17) is 0 Å².